The van der Waals surface area contributed by atoms with E-state index in [4.69, 9.17) is 0 Å². The molecular formula is C14H17N7. The molecule has 7 heteroatoms. The van der Waals surface area contributed by atoms with Gasteiger partial charge in [-0.2, -0.15) is 5.10 Å². The molecule has 0 radical (unpaired) electrons. The maximum atomic E-state index is 4.20. The third-order valence-electron chi connectivity index (χ3n) is 3.47. The second-order valence-corrected chi connectivity index (χ2v) is 5.02. The SMILES string of the molecule is Cc1n[nH]c(C)c1NC(C)c1cccc(-n2cnnn2)c1. The molecule has 0 aliphatic heterocycles. The van der Waals surface area contributed by atoms with E-state index in [0.717, 1.165) is 28.3 Å². The van der Waals surface area contributed by atoms with Gasteiger partial charge in [-0.15, -0.1) is 5.10 Å². The summed E-state index contributed by atoms with van der Waals surface area (Å²) in [5.74, 6) is 0. The molecule has 108 valence electrons. The van der Waals surface area contributed by atoms with Crippen LogP contribution in [0.4, 0.5) is 5.69 Å². The second-order valence-electron chi connectivity index (χ2n) is 5.02. The summed E-state index contributed by atoms with van der Waals surface area (Å²) in [5.41, 5.74) is 5.15. The predicted molar refractivity (Wildman–Crippen MR) is 79.3 cm³/mol. The summed E-state index contributed by atoms with van der Waals surface area (Å²) >= 11 is 0. The molecule has 3 rings (SSSR count). The largest absolute Gasteiger partial charge is 0.376 e. The topological polar surface area (TPSA) is 84.3 Å². The molecule has 2 heterocycles. The Labute approximate surface area is 122 Å². The highest BCUT2D eigenvalue weighted by Crippen LogP contribution is 2.24. The molecule has 2 N–H and O–H groups in total. The van der Waals surface area contributed by atoms with Crippen LogP contribution in [0.3, 0.4) is 0 Å². The molecule has 0 spiro atoms. The van der Waals surface area contributed by atoms with Gasteiger partial charge in [-0.25, -0.2) is 4.68 Å². The van der Waals surface area contributed by atoms with Crippen molar-refractivity contribution in [1.82, 2.24) is 30.4 Å². The lowest BCUT2D eigenvalue weighted by Gasteiger charge is -2.16. The number of anilines is 1. The van der Waals surface area contributed by atoms with Crippen LogP contribution in [0.2, 0.25) is 0 Å². The first kappa shape index (κ1) is 13.3. The summed E-state index contributed by atoms with van der Waals surface area (Å²) < 4.78 is 1.64. The van der Waals surface area contributed by atoms with Crippen LogP contribution in [0.1, 0.15) is 29.9 Å². The Morgan fingerprint density at radius 1 is 1.29 bits per heavy atom. The van der Waals surface area contributed by atoms with E-state index in [-0.39, 0.29) is 6.04 Å². The monoisotopic (exact) mass is 283 g/mol. The molecule has 1 atom stereocenters. The molecule has 0 saturated heterocycles. The molecule has 1 unspecified atom stereocenters. The number of aromatic nitrogens is 6. The third-order valence-corrected chi connectivity index (χ3v) is 3.47. The van der Waals surface area contributed by atoms with E-state index in [9.17, 15) is 0 Å². The van der Waals surface area contributed by atoms with Gasteiger partial charge in [0.2, 0.25) is 0 Å². The Kier molecular flexibility index (Phi) is 3.39. The van der Waals surface area contributed by atoms with Crippen LogP contribution in [0.5, 0.6) is 0 Å². The van der Waals surface area contributed by atoms with Crippen LogP contribution in [-0.2, 0) is 0 Å². The fourth-order valence-corrected chi connectivity index (χ4v) is 2.28. The number of H-pyrrole nitrogens is 1. The minimum atomic E-state index is 0.149. The van der Waals surface area contributed by atoms with Gasteiger partial charge in [-0.3, -0.25) is 5.10 Å². The molecule has 0 bridgehead atoms. The minimum absolute atomic E-state index is 0.149. The fraction of sp³-hybridized carbons (Fsp3) is 0.286. The molecule has 7 nitrogen and oxygen atoms in total. The Morgan fingerprint density at radius 2 is 2.14 bits per heavy atom. The Hall–Kier alpha value is -2.70. The smallest absolute Gasteiger partial charge is 0.143 e. The lowest BCUT2D eigenvalue weighted by Crippen LogP contribution is -2.08. The highest BCUT2D eigenvalue weighted by Gasteiger charge is 2.12. The first-order valence-electron chi connectivity index (χ1n) is 6.76. The quantitative estimate of drug-likeness (QED) is 0.766. The number of aryl methyl sites for hydroxylation is 2. The Balaban J connectivity index is 1.85. The van der Waals surface area contributed by atoms with Crippen LogP contribution >= 0.6 is 0 Å². The first-order chi connectivity index (χ1) is 10.1. The zero-order chi connectivity index (χ0) is 14.8. The molecule has 21 heavy (non-hydrogen) atoms. The van der Waals surface area contributed by atoms with Gasteiger partial charge >= 0.3 is 0 Å². The van der Waals surface area contributed by atoms with Crippen LogP contribution in [0, 0.1) is 13.8 Å². The summed E-state index contributed by atoms with van der Waals surface area (Å²) in [5, 5.41) is 21.9. The van der Waals surface area contributed by atoms with Crippen molar-refractivity contribution in [3.8, 4) is 5.69 Å². The molecule has 2 aromatic heterocycles. The maximum absolute atomic E-state index is 4.20. The van der Waals surface area contributed by atoms with E-state index in [1.807, 2.05) is 26.0 Å². The van der Waals surface area contributed by atoms with Crippen LogP contribution in [0.25, 0.3) is 5.69 Å². The number of hydrogen-bond donors (Lipinski definition) is 2. The second kappa shape index (κ2) is 5.35. The van der Waals surface area contributed by atoms with Gasteiger partial charge in [0.15, 0.2) is 0 Å². The van der Waals surface area contributed by atoms with Crippen LogP contribution in [-0.4, -0.2) is 30.4 Å². The molecule has 0 aliphatic rings. The zero-order valence-corrected chi connectivity index (χ0v) is 12.2. The predicted octanol–water partition coefficient (Wildman–Crippen LogP) is 2.18. The standard InChI is InChI=1S/C14H17N7/c1-9(16-14-10(2)17-18-11(14)3)12-5-4-6-13(7-12)21-8-15-19-20-21/h4-9,16H,1-3H3,(H,17,18). The number of hydrogen-bond acceptors (Lipinski definition) is 5. The van der Waals surface area contributed by atoms with E-state index in [2.05, 4.69) is 50.1 Å². The number of rotatable bonds is 4. The lowest BCUT2D eigenvalue weighted by atomic mass is 10.1. The highest BCUT2D eigenvalue weighted by molar-refractivity contribution is 5.53. The zero-order valence-electron chi connectivity index (χ0n) is 12.2. The van der Waals surface area contributed by atoms with E-state index < -0.39 is 0 Å². The average molecular weight is 283 g/mol. The third kappa shape index (κ3) is 2.62. The summed E-state index contributed by atoms with van der Waals surface area (Å²) in [4.78, 5) is 0. The number of aromatic amines is 1. The van der Waals surface area contributed by atoms with E-state index in [0.29, 0.717) is 0 Å². The Bertz CT molecular complexity index is 710. The molecule has 1 aromatic carbocycles. The molecule has 0 amide bonds. The number of nitrogens with zero attached hydrogens (tertiary/aromatic N) is 5. The van der Waals surface area contributed by atoms with Gasteiger partial charge in [0.25, 0.3) is 0 Å². The maximum Gasteiger partial charge on any atom is 0.143 e. The van der Waals surface area contributed by atoms with Crippen LogP contribution < -0.4 is 5.32 Å². The Morgan fingerprint density at radius 3 is 2.81 bits per heavy atom. The summed E-state index contributed by atoms with van der Waals surface area (Å²) in [7, 11) is 0. The van der Waals surface area contributed by atoms with Crippen molar-refractivity contribution in [1.29, 1.82) is 0 Å². The first-order valence-corrected chi connectivity index (χ1v) is 6.76. The van der Waals surface area contributed by atoms with Crippen molar-refractivity contribution in [3.63, 3.8) is 0 Å². The van der Waals surface area contributed by atoms with Gasteiger partial charge in [0.1, 0.15) is 6.33 Å². The van der Waals surface area contributed by atoms with Crippen molar-refractivity contribution in [2.45, 2.75) is 26.8 Å². The molecule has 0 aliphatic carbocycles. The van der Waals surface area contributed by atoms with Gasteiger partial charge in [-0.1, -0.05) is 12.1 Å². The van der Waals surface area contributed by atoms with Crippen molar-refractivity contribution in [2.24, 2.45) is 0 Å². The van der Waals surface area contributed by atoms with Gasteiger partial charge < -0.3 is 5.32 Å². The number of nitrogens with one attached hydrogen (secondary N) is 2. The van der Waals surface area contributed by atoms with Gasteiger partial charge in [-0.05, 0) is 48.9 Å². The van der Waals surface area contributed by atoms with Crippen molar-refractivity contribution >= 4 is 5.69 Å². The minimum Gasteiger partial charge on any atom is -0.376 e. The van der Waals surface area contributed by atoms with E-state index in [1.165, 1.54) is 0 Å². The summed E-state index contributed by atoms with van der Waals surface area (Å²) in [6, 6.07) is 8.27. The molecular weight excluding hydrogens is 266 g/mol. The van der Waals surface area contributed by atoms with E-state index >= 15 is 0 Å². The van der Waals surface area contributed by atoms with E-state index in [1.54, 1.807) is 11.0 Å². The van der Waals surface area contributed by atoms with Gasteiger partial charge in [0, 0.05) is 6.04 Å². The van der Waals surface area contributed by atoms with Crippen molar-refractivity contribution in [2.75, 3.05) is 5.32 Å². The van der Waals surface area contributed by atoms with Crippen molar-refractivity contribution in [3.05, 3.63) is 47.5 Å². The summed E-state index contributed by atoms with van der Waals surface area (Å²) in [6.45, 7) is 6.10. The number of benzene rings is 1. The fourth-order valence-electron chi connectivity index (χ4n) is 2.28. The number of tetrazole rings is 1. The van der Waals surface area contributed by atoms with Crippen LogP contribution in [0.15, 0.2) is 30.6 Å². The lowest BCUT2D eigenvalue weighted by molar-refractivity contribution is 0.784. The van der Waals surface area contributed by atoms with Crippen molar-refractivity contribution < 1.29 is 0 Å². The highest BCUT2D eigenvalue weighted by atomic mass is 15.5. The van der Waals surface area contributed by atoms with Gasteiger partial charge in [0.05, 0.1) is 22.8 Å². The molecule has 0 fully saturated rings. The summed E-state index contributed by atoms with van der Waals surface area (Å²) in [6.07, 6.45) is 1.58. The molecule has 0 saturated carbocycles. The normalized spacial score (nSPS) is 12.3. The molecule has 3 aromatic rings. The average Bonchev–Trinajstić information content (AvgIpc) is 3.13.